The van der Waals surface area contributed by atoms with Gasteiger partial charge in [0.2, 0.25) is 0 Å². The van der Waals surface area contributed by atoms with Gasteiger partial charge in [0.25, 0.3) is 0 Å². The second-order valence-corrected chi connectivity index (χ2v) is 18.8. The Labute approximate surface area is 193 Å². The van der Waals surface area contributed by atoms with Crippen LogP contribution in [0.4, 0.5) is 0 Å². The molecule has 4 fully saturated rings. The number of hydrogen-bond donors (Lipinski definition) is 1. The van der Waals surface area contributed by atoms with Crippen LogP contribution in [0.25, 0.3) is 0 Å². The molecule has 0 aromatic carbocycles. The van der Waals surface area contributed by atoms with Crippen LogP contribution in [0.3, 0.4) is 0 Å². The zero-order chi connectivity index (χ0) is 22.9. The Morgan fingerprint density at radius 1 is 0.968 bits per heavy atom. The van der Waals surface area contributed by atoms with Crippen LogP contribution < -0.4 is 0 Å². The molecule has 4 saturated carbocycles. The van der Waals surface area contributed by atoms with Crippen molar-refractivity contribution in [3.63, 3.8) is 0 Å². The molecular weight excluding hydrogens is 396 g/mol. The van der Waals surface area contributed by atoms with Crippen molar-refractivity contribution < 1.29 is 9.53 Å². The Kier molecular flexibility index (Phi) is 5.97. The van der Waals surface area contributed by atoms with Gasteiger partial charge < -0.3 is 9.53 Å². The monoisotopic (exact) mass is 446 g/mol. The summed E-state index contributed by atoms with van der Waals surface area (Å²) in [6, 6.07) is 0. The van der Waals surface area contributed by atoms with Gasteiger partial charge in [-0.1, -0.05) is 40.7 Å². The van der Waals surface area contributed by atoms with E-state index in [0.717, 1.165) is 37.0 Å². The fraction of sp³-hybridized carbons (Fsp3) is 0.929. The van der Waals surface area contributed by atoms with Crippen LogP contribution >= 0.6 is 0 Å². The van der Waals surface area contributed by atoms with Gasteiger partial charge in [-0.05, 0) is 117 Å². The average Bonchev–Trinajstić information content (AvgIpc) is 2.98. The van der Waals surface area contributed by atoms with Crippen molar-refractivity contribution >= 4 is 8.32 Å². The summed E-state index contributed by atoms with van der Waals surface area (Å²) in [6.07, 6.45) is 14.4. The van der Waals surface area contributed by atoms with Crippen molar-refractivity contribution in [3.8, 4) is 0 Å². The molecule has 31 heavy (non-hydrogen) atoms. The maximum absolute atomic E-state index is 11.1. The highest BCUT2D eigenvalue weighted by molar-refractivity contribution is 6.74. The quantitative estimate of drug-likeness (QED) is 0.353. The lowest BCUT2D eigenvalue weighted by molar-refractivity contribution is -0.153. The second kappa shape index (κ2) is 7.70. The highest BCUT2D eigenvalue weighted by atomic mass is 28.4. The van der Waals surface area contributed by atoms with Gasteiger partial charge in [-0.3, -0.25) is 0 Å². The zero-order valence-corrected chi connectivity index (χ0v) is 22.6. The van der Waals surface area contributed by atoms with Gasteiger partial charge in [0.1, 0.15) is 0 Å². The number of rotatable bonds is 4. The first-order valence-corrected chi connectivity index (χ1v) is 16.2. The van der Waals surface area contributed by atoms with Gasteiger partial charge in [-0.15, -0.1) is 6.58 Å². The summed E-state index contributed by atoms with van der Waals surface area (Å²) >= 11 is 0. The Morgan fingerprint density at radius 3 is 2.29 bits per heavy atom. The second-order valence-electron chi connectivity index (χ2n) is 14.1. The molecule has 4 aliphatic rings. The van der Waals surface area contributed by atoms with Crippen molar-refractivity contribution in [2.45, 2.75) is 129 Å². The molecule has 0 radical (unpaired) electrons. The molecule has 0 spiro atoms. The van der Waals surface area contributed by atoms with Crippen LogP contribution in [-0.2, 0) is 4.43 Å². The minimum absolute atomic E-state index is 0.286. The maximum atomic E-state index is 11.1. The molecule has 1 N–H and O–H groups in total. The molecule has 8 atom stereocenters. The molecule has 0 aliphatic heterocycles. The van der Waals surface area contributed by atoms with E-state index in [4.69, 9.17) is 4.43 Å². The van der Waals surface area contributed by atoms with Crippen LogP contribution in [0.15, 0.2) is 12.7 Å². The third-order valence-electron chi connectivity index (χ3n) is 11.5. The summed E-state index contributed by atoms with van der Waals surface area (Å²) in [5.74, 6) is 3.26. The number of aliphatic hydroxyl groups is 1. The zero-order valence-electron chi connectivity index (χ0n) is 21.6. The predicted molar refractivity (Wildman–Crippen MR) is 134 cm³/mol. The largest absolute Gasteiger partial charge is 0.413 e. The van der Waals surface area contributed by atoms with E-state index in [1.807, 2.05) is 6.08 Å². The third-order valence-corrected chi connectivity index (χ3v) is 16.0. The van der Waals surface area contributed by atoms with Gasteiger partial charge in [0.05, 0.1) is 11.7 Å². The molecule has 4 aliphatic carbocycles. The van der Waals surface area contributed by atoms with Gasteiger partial charge >= 0.3 is 0 Å². The molecule has 4 rings (SSSR count). The Bertz CT molecular complexity index is 696. The fourth-order valence-electron chi connectivity index (χ4n) is 8.45. The van der Waals surface area contributed by atoms with Crippen molar-refractivity contribution in [3.05, 3.63) is 12.7 Å². The molecule has 178 valence electrons. The van der Waals surface area contributed by atoms with Gasteiger partial charge in [-0.2, -0.15) is 0 Å². The van der Waals surface area contributed by atoms with Crippen molar-refractivity contribution in [1.29, 1.82) is 0 Å². The Morgan fingerprint density at radius 2 is 1.65 bits per heavy atom. The van der Waals surface area contributed by atoms with Gasteiger partial charge in [0.15, 0.2) is 8.32 Å². The lowest BCUT2D eigenvalue weighted by Gasteiger charge is -2.62. The summed E-state index contributed by atoms with van der Waals surface area (Å²) < 4.78 is 7.10. The standard InChI is InChI=1S/C28H50O2Si/c1-9-15-28(29)18-17-26(5)20(19-28)10-11-21-22-12-13-24(27(22,6)16-14-23(21)26)30-31(7,8)25(2,3)4/h9,20-24,29H,1,10-19H2,2-8H3/t20-,21-,22-,23-,24-,26-,27-,28+/m0/s1. The van der Waals surface area contributed by atoms with Crippen molar-refractivity contribution in [1.82, 2.24) is 0 Å². The fourth-order valence-corrected chi connectivity index (χ4v) is 9.91. The van der Waals surface area contributed by atoms with E-state index in [2.05, 4.69) is 54.3 Å². The first kappa shape index (κ1) is 24.0. The van der Waals surface area contributed by atoms with E-state index in [1.165, 1.54) is 44.9 Å². The number of fused-ring (bicyclic) bond motifs is 5. The molecule has 3 heteroatoms. The van der Waals surface area contributed by atoms with Crippen LogP contribution in [0, 0.1) is 34.5 Å². The van der Waals surface area contributed by atoms with Crippen LogP contribution in [0.5, 0.6) is 0 Å². The summed E-state index contributed by atoms with van der Waals surface area (Å²) in [5, 5.41) is 11.4. The normalized spacial score (nSPS) is 47.9. The van der Waals surface area contributed by atoms with Crippen LogP contribution in [0.2, 0.25) is 18.1 Å². The Balaban J connectivity index is 1.52. The molecule has 0 saturated heterocycles. The van der Waals surface area contributed by atoms with E-state index in [0.29, 0.717) is 22.9 Å². The lowest BCUT2D eigenvalue weighted by Crippen LogP contribution is -2.57. The molecule has 0 bridgehead atoms. The summed E-state index contributed by atoms with van der Waals surface area (Å²) in [7, 11) is -1.74. The molecular formula is C28H50O2Si. The summed E-state index contributed by atoms with van der Waals surface area (Å²) in [6.45, 7) is 21.1. The summed E-state index contributed by atoms with van der Waals surface area (Å²) in [5.41, 5.74) is 0.311. The first-order valence-electron chi connectivity index (χ1n) is 13.3. The lowest BCUT2D eigenvalue weighted by atomic mass is 9.44. The maximum Gasteiger partial charge on any atom is 0.192 e. The molecule has 0 amide bonds. The molecule has 0 aromatic heterocycles. The number of hydrogen-bond acceptors (Lipinski definition) is 2. The smallest absolute Gasteiger partial charge is 0.192 e. The topological polar surface area (TPSA) is 29.5 Å². The van der Waals surface area contributed by atoms with E-state index >= 15 is 0 Å². The SMILES string of the molecule is C=CC[C@@]1(O)CC[C@@]2(C)[C@@H](CC[C@@H]3[C@@H]2CC[C@]2(C)[C@@H](O[Si](C)(C)C(C)(C)C)CC[C@@H]32)C1. The van der Waals surface area contributed by atoms with E-state index in [-0.39, 0.29) is 5.04 Å². The van der Waals surface area contributed by atoms with E-state index < -0.39 is 13.9 Å². The van der Waals surface area contributed by atoms with Crippen molar-refractivity contribution in [2.24, 2.45) is 34.5 Å². The van der Waals surface area contributed by atoms with Crippen LogP contribution in [0.1, 0.15) is 98.8 Å². The predicted octanol–water partition coefficient (Wildman–Crippen LogP) is 7.73. The molecule has 0 unspecified atom stereocenters. The minimum Gasteiger partial charge on any atom is -0.413 e. The minimum atomic E-state index is -1.74. The molecule has 2 nitrogen and oxygen atoms in total. The van der Waals surface area contributed by atoms with Gasteiger partial charge in [-0.25, -0.2) is 0 Å². The average molecular weight is 447 g/mol. The highest BCUT2D eigenvalue weighted by Gasteiger charge is 2.62. The summed E-state index contributed by atoms with van der Waals surface area (Å²) in [4.78, 5) is 0. The molecule has 0 heterocycles. The van der Waals surface area contributed by atoms with E-state index in [1.54, 1.807) is 0 Å². The molecule has 0 aromatic rings. The van der Waals surface area contributed by atoms with Gasteiger partial charge in [0, 0.05) is 0 Å². The third kappa shape index (κ3) is 3.83. The Hall–Kier alpha value is -0.123. The highest BCUT2D eigenvalue weighted by Crippen LogP contribution is 2.67. The van der Waals surface area contributed by atoms with Crippen molar-refractivity contribution in [2.75, 3.05) is 0 Å². The van der Waals surface area contributed by atoms with E-state index in [9.17, 15) is 5.11 Å². The van der Waals surface area contributed by atoms with Crippen LogP contribution in [-0.4, -0.2) is 25.1 Å². The first-order chi connectivity index (χ1) is 14.3.